The lowest BCUT2D eigenvalue weighted by Crippen LogP contribution is -2.28. The van der Waals surface area contributed by atoms with E-state index in [1.165, 1.54) is 16.5 Å². The van der Waals surface area contributed by atoms with Gasteiger partial charge in [-0.15, -0.1) is 0 Å². The molecule has 2 aromatic carbocycles. The Kier molecular flexibility index (Phi) is 4.48. The van der Waals surface area contributed by atoms with Gasteiger partial charge in [-0.2, -0.15) is 0 Å². The Morgan fingerprint density at radius 3 is 2.50 bits per heavy atom. The minimum atomic E-state index is -0.0897. The fourth-order valence-corrected chi connectivity index (χ4v) is 3.28. The van der Waals surface area contributed by atoms with Crippen LogP contribution in [0.2, 0.25) is 0 Å². The first-order valence-corrected chi connectivity index (χ1v) is 8.62. The lowest BCUT2D eigenvalue weighted by Gasteiger charge is -2.18. The molecule has 0 saturated heterocycles. The summed E-state index contributed by atoms with van der Waals surface area (Å²) in [4.78, 5) is 19.8. The lowest BCUT2D eigenvalue weighted by molar-refractivity contribution is 0.0952. The number of carbonyl (C=O) groups is 1. The molecule has 4 aromatic rings. The summed E-state index contributed by atoms with van der Waals surface area (Å²) < 4.78 is 0. The molecule has 0 bridgehead atoms. The fourth-order valence-electron chi connectivity index (χ4n) is 3.28. The van der Waals surface area contributed by atoms with E-state index in [4.69, 9.17) is 0 Å². The van der Waals surface area contributed by atoms with Gasteiger partial charge in [0.25, 0.3) is 5.91 Å². The molecule has 128 valence electrons. The van der Waals surface area contributed by atoms with Crippen LogP contribution in [0.3, 0.4) is 0 Å². The van der Waals surface area contributed by atoms with Crippen molar-refractivity contribution in [3.8, 4) is 0 Å². The van der Waals surface area contributed by atoms with Crippen molar-refractivity contribution < 1.29 is 4.79 Å². The number of pyridine rings is 1. The Morgan fingerprint density at radius 2 is 1.69 bits per heavy atom. The van der Waals surface area contributed by atoms with Crippen LogP contribution in [0.4, 0.5) is 0 Å². The minimum Gasteiger partial charge on any atom is -0.361 e. The standard InChI is InChI=1S/C22H19N3O/c26-22(17-10-12-23-13-11-17)25-14-19(16-6-2-1-3-7-16)20-15-24-21-9-5-4-8-18(20)21/h1-13,15,19,24H,14H2,(H,25,26). The van der Waals surface area contributed by atoms with Gasteiger partial charge < -0.3 is 10.3 Å². The molecule has 4 rings (SSSR count). The first-order chi connectivity index (χ1) is 12.8. The third-order valence-corrected chi connectivity index (χ3v) is 4.61. The molecule has 0 fully saturated rings. The van der Waals surface area contributed by atoms with Crippen molar-refractivity contribution in [3.05, 3.63) is 102 Å². The Labute approximate surface area is 151 Å². The highest BCUT2D eigenvalue weighted by Gasteiger charge is 2.19. The fraction of sp³-hybridized carbons (Fsp3) is 0.0909. The number of carbonyl (C=O) groups excluding carboxylic acids is 1. The monoisotopic (exact) mass is 341 g/mol. The third kappa shape index (κ3) is 3.22. The molecule has 0 aliphatic rings. The average Bonchev–Trinajstić information content (AvgIpc) is 3.14. The third-order valence-electron chi connectivity index (χ3n) is 4.61. The summed E-state index contributed by atoms with van der Waals surface area (Å²) in [6.07, 6.45) is 5.30. The number of amides is 1. The summed E-state index contributed by atoms with van der Waals surface area (Å²) in [5, 5.41) is 4.25. The lowest BCUT2D eigenvalue weighted by atomic mass is 9.91. The molecule has 26 heavy (non-hydrogen) atoms. The number of para-hydroxylation sites is 1. The molecule has 1 unspecified atom stereocenters. The van der Waals surface area contributed by atoms with E-state index in [0.29, 0.717) is 12.1 Å². The Bertz CT molecular complexity index is 1010. The molecule has 1 amide bonds. The van der Waals surface area contributed by atoms with E-state index >= 15 is 0 Å². The predicted molar refractivity (Wildman–Crippen MR) is 103 cm³/mol. The van der Waals surface area contributed by atoms with Gasteiger partial charge in [-0.25, -0.2) is 0 Å². The van der Waals surface area contributed by atoms with Gasteiger partial charge in [0.15, 0.2) is 0 Å². The zero-order valence-electron chi connectivity index (χ0n) is 14.2. The van der Waals surface area contributed by atoms with Crippen molar-refractivity contribution >= 4 is 16.8 Å². The summed E-state index contributed by atoms with van der Waals surface area (Å²) >= 11 is 0. The predicted octanol–water partition coefficient (Wildman–Crippen LogP) is 4.12. The molecule has 0 radical (unpaired) electrons. The number of benzene rings is 2. The van der Waals surface area contributed by atoms with Crippen LogP contribution in [0.1, 0.15) is 27.4 Å². The quantitative estimate of drug-likeness (QED) is 0.573. The van der Waals surface area contributed by atoms with E-state index in [0.717, 1.165) is 5.52 Å². The van der Waals surface area contributed by atoms with Crippen LogP contribution >= 0.6 is 0 Å². The molecule has 0 spiro atoms. The second-order valence-corrected chi connectivity index (χ2v) is 6.20. The van der Waals surface area contributed by atoms with Crippen molar-refractivity contribution in [1.82, 2.24) is 15.3 Å². The Hall–Kier alpha value is -3.40. The topological polar surface area (TPSA) is 57.8 Å². The number of rotatable bonds is 5. The number of hydrogen-bond donors (Lipinski definition) is 2. The van der Waals surface area contributed by atoms with Gasteiger partial charge in [-0.1, -0.05) is 48.5 Å². The summed E-state index contributed by atoms with van der Waals surface area (Å²) in [5.41, 5.74) is 4.07. The van der Waals surface area contributed by atoms with E-state index in [1.807, 2.05) is 36.5 Å². The van der Waals surface area contributed by atoms with Crippen LogP contribution in [0.15, 0.2) is 85.3 Å². The smallest absolute Gasteiger partial charge is 0.251 e. The van der Waals surface area contributed by atoms with Crippen molar-refractivity contribution in [1.29, 1.82) is 0 Å². The van der Waals surface area contributed by atoms with Crippen molar-refractivity contribution in [2.45, 2.75) is 5.92 Å². The van der Waals surface area contributed by atoms with E-state index in [9.17, 15) is 4.79 Å². The number of aromatic nitrogens is 2. The molecule has 0 aliphatic heterocycles. The maximum absolute atomic E-state index is 12.5. The molecular weight excluding hydrogens is 322 g/mol. The van der Waals surface area contributed by atoms with Crippen LogP contribution in [-0.4, -0.2) is 22.4 Å². The molecule has 1 atom stereocenters. The molecule has 0 saturated carbocycles. The highest BCUT2D eigenvalue weighted by molar-refractivity contribution is 5.94. The minimum absolute atomic E-state index is 0.0677. The summed E-state index contributed by atoms with van der Waals surface area (Å²) in [5.74, 6) is -0.0219. The van der Waals surface area contributed by atoms with E-state index < -0.39 is 0 Å². The van der Waals surface area contributed by atoms with Crippen LogP contribution in [0.5, 0.6) is 0 Å². The van der Waals surface area contributed by atoms with E-state index in [1.54, 1.807) is 24.5 Å². The molecule has 2 N–H and O–H groups in total. The summed E-state index contributed by atoms with van der Waals surface area (Å²) in [6.45, 7) is 0.521. The van der Waals surface area contributed by atoms with E-state index in [2.05, 4.69) is 39.6 Å². The van der Waals surface area contributed by atoms with Gasteiger partial charge >= 0.3 is 0 Å². The van der Waals surface area contributed by atoms with Crippen molar-refractivity contribution in [2.75, 3.05) is 6.54 Å². The van der Waals surface area contributed by atoms with Gasteiger partial charge in [-0.3, -0.25) is 9.78 Å². The highest BCUT2D eigenvalue weighted by atomic mass is 16.1. The van der Waals surface area contributed by atoms with Crippen LogP contribution < -0.4 is 5.32 Å². The van der Waals surface area contributed by atoms with Gasteiger partial charge in [-0.05, 0) is 29.3 Å². The Morgan fingerprint density at radius 1 is 0.962 bits per heavy atom. The Balaban J connectivity index is 1.65. The number of nitrogens with one attached hydrogen (secondary N) is 2. The second-order valence-electron chi connectivity index (χ2n) is 6.20. The zero-order chi connectivity index (χ0) is 17.8. The van der Waals surface area contributed by atoms with Crippen LogP contribution in [0.25, 0.3) is 10.9 Å². The number of hydrogen-bond acceptors (Lipinski definition) is 2. The molecule has 2 heterocycles. The van der Waals surface area contributed by atoms with Crippen LogP contribution in [0, 0.1) is 0 Å². The number of H-pyrrole nitrogens is 1. The average molecular weight is 341 g/mol. The highest BCUT2D eigenvalue weighted by Crippen LogP contribution is 2.30. The number of nitrogens with zero attached hydrogens (tertiary/aromatic N) is 1. The molecule has 4 heteroatoms. The van der Waals surface area contributed by atoms with Crippen molar-refractivity contribution in [3.63, 3.8) is 0 Å². The maximum atomic E-state index is 12.5. The van der Waals surface area contributed by atoms with Crippen molar-refractivity contribution in [2.24, 2.45) is 0 Å². The van der Waals surface area contributed by atoms with Gasteiger partial charge in [0.05, 0.1) is 0 Å². The molecule has 4 nitrogen and oxygen atoms in total. The van der Waals surface area contributed by atoms with Gasteiger partial charge in [0.1, 0.15) is 0 Å². The number of fused-ring (bicyclic) bond motifs is 1. The summed E-state index contributed by atoms with van der Waals surface area (Å²) in [6, 6.07) is 21.9. The summed E-state index contributed by atoms with van der Waals surface area (Å²) in [7, 11) is 0. The SMILES string of the molecule is O=C(NCC(c1ccccc1)c1c[nH]c2ccccc12)c1ccncc1. The molecule has 0 aliphatic carbocycles. The maximum Gasteiger partial charge on any atom is 0.251 e. The normalized spacial score (nSPS) is 12.0. The molecule has 2 aromatic heterocycles. The molecular formula is C22H19N3O. The zero-order valence-corrected chi connectivity index (χ0v) is 14.2. The number of aromatic amines is 1. The largest absolute Gasteiger partial charge is 0.361 e. The first kappa shape index (κ1) is 16.1. The first-order valence-electron chi connectivity index (χ1n) is 8.62. The van der Waals surface area contributed by atoms with Gasteiger partial charge in [0.2, 0.25) is 0 Å². The second kappa shape index (κ2) is 7.23. The van der Waals surface area contributed by atoms with E-state index in [-0.39, 0.29) is 11.8 Å². The van der Waals surface area contributed by atoms with Crippen LogP contribution in [-0.2, 0) is 0 Å². The van der Waals surface area contributed by atoms with Gasteiger partial charge in [0, 0.05) is 47.5 Å².